The lowest BCUT2D eigenvalue weighted by Crippen LogP contribution is -2.27. The number of carbonyl (C=O) groups excluding carboxylic acids is 2. The number of halogens is 2. The molecule has 0 aromatic heterocycles. The van der Waals surface area contributed by atoms with Crippen molar-refractivity contribution in [1.82, 2.24) is 0 Å². The SMILES string of the molecule is CC(=O)Nc1ccc(N2C(=O)CSC2c2ccc(OC(F)F)cc2)cc1. The predicted molar refractivity (Wildman–Crippen MR) is 96.5 cm³/mol. The molecule has 1 aliphatic heterocycles. The van der Waals surface area contributed by atoms with Crippen molar-refractivity contribution in [2.75, 3.05) is 16.0 Å². The highest BCUT2D eigenvalue weighted by Gasteiger charge is 2.34. The van der Waals surface area contributed by atoms with Gasteiger partial charge in [0, 0.05) is 18.3 Å². The van der Waals surface area contributed by atoms with Gasteiger partial charge < -0.3 is 10.1 Å². The number of nitrogens with one attached hydrogen (secondary N) is 1. The molecule has 1 fully saturated rings. The lowest BCUT2D eigenvalue weighted by Gasteiger charge is -2.24. The first-order valence-electron chi connectivity index (χ1n) is 7.80. The average Bonchev–Trinajstić information content (AvgIpc) is 2.97. The van der Waals surface area contributed by atoms with Gasteiger partial charge in [-0.3, -0.25) is 14.5 Å². The van der Waals surface area contributed by atoms with Crippen molar-refractivity contribution in [3.63, 3.8) is 0 Å². The molecule has 1 unspecified atom stereocenters. The average molecular weight is 378 g/mol. The number of carbonyl (C=O) groups is 2. The topological polar surface area (TPSA) is 58.6 Å². The van der Waals surface area contributed by atoms with Gasteiger partial charge in [0.1, 0.15) is 11.1 Å². The van der Waals surface area contributed by atoms with E-state index in [4.69, 9.17) is 0 Å². The first kappa shape index (κ1) is 18.2. The molecule has 1 aliphatic rings. The van der Waals surface area contributed by atoms with E-state index in [-0.39, 0.29) is 22.9 Å². The second-order valence-electron chi connectivity index (χ2n) is 5.60. The number of nitrogens with zero attached hydrogens (tertiary/aromatic N) is 1. The van der Waals surface area contributed by atoms with Crippen LogP contribution in [0, 0.1) is 0 Å². The number of ether oxygens (including phenoxy) is 1. The molecule has 1 saturated heterocycles. The Hall–Kier alpha value is -2.61. The molecule has 3 rings (SSSR count). The molecule has 5 nitrogen and oxygen atoms in total. The van der Waals surface area contributed by atoms with Crippen molar-refractivity contribution < 1.29 is 23.1 Å². The van der Waals surface area contributed by atoms with E-state index < -0.39 is 6.61 Å². The van der Waals surface area contributed by atoms with Crippen molar-refractivity contribution in [3.8, 4) is 5.75 Å². The lowest BCUT2D eigenvalue weighted by molar-refractivity contribution is -0.116. The third-order valence-corrected chi connectivity index (χ3v) is 4.94. The summed E-state index contributed by atoms with van der Waals surface area (Å²) >= 11 is 1.46. The molecule has 0 spiro atoms. The summed E-state index contributed by atoms with van der Waals surface area (Å²) in [5, 5.41) is 2.42. The quantitative estimate of drug-likeness (QED) is 0.854. The first-order valence-corrected chi connectivity index (χ1v) is 8.85. The Bertz CT molecular complexity index is 797. The maximum absolute atomic E-state index is 12.3. The number of alkyl halides is 2. The zero-order valence-corrected chi connectivity index (χ0v) is 14.6. The molecule has 1 atom stereocenters. The first-order chi connectivity index (χ1) is 12.4. The summed E-state index contributed by atoms with van der Waals surface area (Å²) in [5.74, 6) is 0.187. The summed E-state index contributed by atoms with van der Waals surface area (Å²) in [7, 11) is 0. The van der Waals surface area contributed by atoms with Crippen LogP contribution >= 0.6 is 11.8 Å². The summed E-state index contributed by atoms with van der Waals surface area (Å²) in [6.07, 6.45) is 0. The minimum Gasteiger partial charge on any atom is -0.435 e. The molecular weight excluding hydrogens is 362 g/mol. The number of anilines is 2. The van der Waals surface area contributed by atoms with E-state index in [2.05, 4.69) is 10.1 Å². The fraction of sp³-hybridized carbons (Fsp3) is 0.222. The van der Waals surface area contributed by atoms with Gasteiger partial charge >= 0.3 is 6.61 Å². The smallest absolute Gasteiger partial charge is 0.387 e. The van der Waals surface area contributed by atoms with Crippen LogP contribution < -0.4 is 15.0 Å². The predicted octanol–water partition coefficient (Wildman–Crippen LogP) is 4.03. The van der Waals surface area contributed by atoms with Crippen LogP contribution in [-0.4, -0.2) is 24.2 Å². The zero-order valence-electron chi connectivity index (χ0n) is 13.8. The minimum atomic E-state index is -2.87. The maximum Gasteiger partial charge on any atom is 0.387 e. The number of thioether (sulfide) groups is 1. The fourth-order valence-electron chi connectivity index (χ4n) is 2.67. The molecule has 2 amide bonds. The van der Waals surface area contributed by atoms with Gasteiger partial charge in [0.2, 0.25) is 11.8 Å². The van der Waals surface area contributed by atoms with Gasteiger partial charge in [-0.2, -0.15) is 8.78 Å². The number of hydrogen-bond donors (Lipinski definition) is 1. The van der Waals surface area contributed by atoms with Gasteiger partial charge in [0.25, 0.3) is 0 Å². The molecule has 0 radical (unpaired) electrons. The van der Waals surface area contributed by atoms with Crippen molar-refractivity contribution >= 4 is 35.0 Å². The summed E-state index contributed by atoms with van der Waals surface area (Å²) in [5.41, 5.74) is 2.16. The van der Waals surface area contributed by atoms with Crippen molar-refractivity contribution in [2.24, 2.45) is 0 Å². The molecule has 0 saturated carbocycles. The Morgan fingerprint density at radius 1 is 1.19 bits per heavy atom. The Kier molecular flexibility index (Phi) is 5.41. The third-order valence-electron chi connectivity index (χ3n) is 3.72. The number of hydrogen-bond acceptors (Lipinski definition) is 4. The number of benzene rings is 2. The molecule has 2 aromatic carbocycles. The summed E-state index contributed by atoms with van der Waals surface area (Å²) in [6, 6.07) is 13.2. The molecule has 0 aliphatic carbocycles. The second kappa shape index (κ2) is 7.74. The van der Waals surface area contributed by atoms with E-state index >= 15 is 0 Å². The number of amides is 2. The van der Waals surface area contributed by atoms with Crippen LogP contribution in [0.5, 0.6) is 5.75 Å². The van der Waals surface area contributed by atoms with Crippen molar-refractivity contribution in [2.45, 2.75) is 18.9 Å². The molecule has 1 heterocycles. The monoisotopic (exact) mass is 378 g/mol. The summed E-state index contributed by atoms with van der Waals surface area (Å²) in [6.45, 7) is -1.45. The molecule has 26 heavy (non-hydrogen) atoms. The van der Waals surface area contributed by atoms with E-state index in [1.807, 2.05) is 0 Å². The van der Waals surface area contributed by atoms with Crippen LogP contribution in [0.4, 0.5) is 20.2 Å². The largest absolute Gasteiger partial charge is 0.435 e. The van der Waals surface area contributed by atoms with Crippen LogP contribution in [0.3, 0.4) is 0 Å². The molecule has 0 bridgehead atoms. The second-order valence-corrected chi connectivity index (χ2v) is 6.67. The minimum absolute atomic E-state index is 0.0415. The van der Waals surface area contributed by atoms with E-state index in [1.165, 1.54) is 30.8 Å². The molecular formula is C18H16F2N2O3S. The molecule has 1 N–H and O–H groups in total. The van der Waals surface area contributed by atoms with E-state index in [0.29, 0.717) is 17.1 Å². The molecule has 136 valence electrons. The van der Waals surface area contributed by atoms with Gasteiger partial charge in [-0.25, -0.2) is 0 Å². The van der Waals surface area contributed by atoms with Crippen LogP contribution in [-0.2, 0) is 9.59 Å². The highest BCUT2D eigenvalue weighted by atomic mass is 32.2. The lowest BCUT2D eigenvalue weighted by atomic mass is 10.1. The standard InChI is InChI=1S/C18H16F2N2O3S/c1-11(23)21-13-4-6-14(7-5-13)22-16(24)10-26-17(22)12-2-8-15(9-3-12)25-18(19)20/h2-9,17-18H,10H2,1H3,(H,21,23). The van der Waals surface area contributed by atoms with Crippen LogP contribution in [0.25, 0.3) is 0 Å². The van der Waals surface area contributed by atoms with Crippen LogP contribution in [0.15, 0.2) is 48.5 Å². The highest BCUT2D eigenvalue weighted by Crippen LogP contribution is 2.42. The fourth-order valence-corrected chi connectivity index (χ4v) is 3.85. The highest BCUT2D eigenvalue weighted by molar-refractivity contribution is 8.00. The summed E-state index contributed by atoms with van der Waals surface area (Å²) in [4.78, 5) is 25.1. The van der Waals surface area contributed by atoms with Gasteiger partial charge in [-0.1, -0.05) is 12.1 Å². The Morgan fingerprint density at radius 2 is 1.85 bits per heavy atom. The maximum atomic E-state index is 12.3. The molecule has 2 aromatic rings. The van der Waals surface area contributed by atoms with Gasteiger partial charge in [0.05, 0.1) is 5.75 Å². The van der Waals surface area contributed by atoms with E-state index in [0.717, 1.165) is 5.56 Å². The van der Waals surface area contributed by atoms with Crippen molar-refractivity contribution in [1.29, 1.82) is 0 Å². The van der Waals surface area contributed by atoms with Gasteiger partial charge in [-0.15, -0.1) is 11.8 Å². The van der Waals surface area contributed by atoms with Gasteiger partial charge in [0.15, 0.2) is 0 Å². The van der Waals surface area contributed by atoms with Crippen molar-refractivity contribution in [3.05, 3.63) is 54.1 Å². The van der Waals surface area contributed by atoms with E-state index in [9.17, 15) is 18.4 Å². The van der Waals surface area contributed by atoms with Crippen LogP contribution in [0.2, 0.25) is 0 Å². The Balaban J connectivity index is 1.81. The molecule has 8 heteroatoms. The summed E-state index contributed by atoms with van der Waals surface area (Å²) < 4.78 is 28.9. The van der Waals surface area contributed by atoms with E-state index in [1.54, 1.807) is 41.3 Å². The normalized spacial score (nSPS) is 16.8. The van der Waals surface area contributed by atoms with Crippen LogP contribution in [0.1, 0.15) is 17.9 Å². The van der Waals surface area contributed by atoms with Gasteiger partial charge in [-0.05, 0) is 42.0 Å². The Labute approximate surface area is 153 Å². The Morgan fingerprint density at radius 3 is 2.42 bits per heavy atom. The third kappa shape index (κ3) is 4.13. The number of rotatable bonds is 5. The zero-order chi connectivity index (χ0) is 18.7.